The number of esters is 1. The highest BCUT2D eigenvalue weighted by Gasteiger charge is 2.29. The van der Waals surface area contributed by atoms with Crippen molar-refractivity contribution in [1.82, 2.24) is 15.4 Å². The number of rotatable bonds is 3. The summed E-state index contributed by atoms with van der Waals surface area (Å²) >= 11 is 1.21. The average Bonchev–Trinajstić information content (AvgIpc) is 3.03. The molecule has 0 saturated carbocycles. The topological polar surface area (TPSA) is 91.2 Å². The van der Waals surface area contributed by atoms with Gasteiger partial charge in [0.1, 0.15) is 11.0 Å². The lowest BCUT2D eigenvalue weighted by molar-refractivity contribution is -0.137. The number of nitrogens with zero attached hydrogens (tertiary/aromatic N) is 3. The van der Waals surface area contributed by atoms with Gasteiger partial charge in [0.25, 0.3) is 11.1 Å². The zero-order valence-corrected chi connectivity index (χ0v) is 10.3. The van der Waals surface area contributed by atoms with Crippen molar-refractivity contribution in [3.8, 4) is 11.6 Å². The van der Waals surface area contributed by atoms with Crippen molar-refractivity contribution >= 4 is 17.7 Å². The molecule has 0 aliphatic carbocycles. The number of aromatic nitrogens is 3. The van der Waals surface area contributed by atoms with Crippen LogP contribution in [0.2, 0.25) is 0 Å². The maximum atomic E-state index is 11.3. The minimum Gasteiger partial charge on any atom is -0.465 e. The van der Waals surface area contributed by atoms with Crippen molar-refractivity contribution in [2.24, 2.45) is 0 Å². The quantitative estimate of drug-likeness (QED) is 0.771. The monoisotopic (exact) mass is 267 g/mol. The van der Waals surface area contributed by atoms with Crippen LogP contribution in [0.25, 0.3) is 11.6 Å². The molecule has 3 rings (SSSR count). The third-order valence-electron chi connectivity index (χ3n) is 2.38. The smallest absolute Gasteiger partial charge is 0.319 e. The molecule has 94 valence electrons. The third kappa shape index (κ3) is 2.10. The summed E-state index contributed by atoms with van der Waals surface area (Å²) in [6, 6.07) is 1.70. The van der Waals surface area contributed by atoms with E-state index in [4.69, 9.17) is 13.7 Å². The lowest BCUT2D eigenvalue weighted by atomic mass is 10.4. The molecule has 0 amide bonds. The number of ether oxygens (including phenoxy) is 1. The van der Waals surface area contributed by atoms with Crippen LogP contribution in [0.15, 0.2) is 20.2 Å². The van der Waals surface area contributed by atoms with Gasteiger partial charge in [-0.25, -0.2) is 0 Å². The number of aryl methyl sites for hydroxylation is 1. The first-order valence-electron chi connectivity index (χ1n) is 5.33. The summed E-state index contributed by atoms with van der Waals surface area (Å²) in [7, 11) is 0. The predicted molar refractivity (Wildman–Crippen MR) is 59.8 cm³/mol. The van der Waals surface area contributed by atoms with E-state index >= 15 is 0 Å². The Kier molecular flexibility index (Phi) is 2.78. The molecular weight excluding hydrogens is 258 g/mol. The molecular formula is C10H9N3O4S. The molecule has 7 nitrogen and oxygen atoms in total. The number of hydrogen-bond donors (Lipinski definition) is 0. The SMILES string of the molecule is Cc1cc(-c2nnc(S[C@H]3CCOC3=O)o2)no1. The largest absolute Gasteiger partial charge is 0.465 e. The number of cyclic esters (lactones) is 1. The second-order valence-electron chi connectivity index (χ2n) is 3.76. The average molecular weight is 267 g/mol. The molecule has 2 aromatic rings. The summed E-state index contributed by atoms with van der Waals surface area (Å²) in [5, 5.41) is 11.5. The molecule has 1 aliphatic rings. The first kappa shape index (κ1) is 11.3. The summed E-state index contributed by atoms with van der Waals surface area (Å²) < 4.78 is 15.2. The van der Waals surface area contributed by atoms with Gasteiger partial charge in [-0.2, -0.15) is 0 Å². The van der Waals surface area contributed by atoms with Gasteiger partial charge in [-0.05, 0) is 18.7 Å². The first-order valence-corrected chi connectivity index (χ1v) is 6.21. The number of carbonyl (C=O) groups is 1. The molecule has 1 fully saturated rings. The van der Waals surface area contributed by atoms with Crippen LogP contribution in [0.5, 0.6) is 0 Å². The molecule has 0 unspecified atom stereocenters. The molecule has 0 spiro atoms. The molecule has 1 aliphatic heterocycles. The Morgan fingerprint density at radius 3 is 3.00 bits per heavy atom. The fourth-order valence-corrected chi connectivity index (χ4v) is 2.37. The highest BCUT2D eigenvalue weighted by atomic mass is 32.2. The normalized spacial score (nSPS) is 19.2. The van der Waals surface area contributed by atoms with Gasteiger partial charge in [-0.3, -0.25) is 4.79 Å². The molecule has 1 saturated heterocycles. The van der Waals surface area contributed by atoms with Crippen molar-refractivity contribution in [2.75, 3.05) is 6.61 Å². The van der Waals surface area contributed by atoms with E-state index < -0.39 is 0 Å². The molecule has 1 atom stereocenters. The van der Waals surface area contributed by atoms with Crippen molar-refractivity contribution in [3.63, 3.8) is 0 Å². The summed E-state index contributed by atoms with van der Waals surface area (Å²) in [6.45, 7) is 2.22. The van der Waals surface area contributed by atoms with Gasteiger partial charge in [-0.15, -0.1) is 10.2 Å². The van der Waals surface area contributed by atoms with Crippen LogP contribution in [0.4, 0.5) is 0 Å². The van der Waals surface area contributed by atoms with E-state index in [-0.39, 0.29) is 17.1 Å². The van der Waals surface area contributed by atoms with Crippen molar-refractivity contribution in [1.29, 1.82) is 0 Å². The first-order chi connectivity index (χ1) is 8.72. The summed E-state index contributed by atoms with van der Waals surface area (Å²) in [5.74, 6) is 0.703. The van der Waals surface area contributed by atoms with E-state index in [0.29, 0.717) is 29.7 Å². The highest BCUT2D eigenvalue weighted by Crippen LogP contribution is 2.30. The van der Waals surface area contributed by atoms with Gasteiger partial charge in [-0.1, -0.05) is 5.16 Å². The van der Waals surface area contributed by atoms with Crippen molar-refractivity contribution in [2.45, 2.75) is 23.8 Å². The van der Waals surface area contributed by atoms with Gasteiger partial charge in [0.15, 0.2) is 5.69 Å². The standard InChI is InChI=1S/C10H9N3O4S/c1-5-4-6(13-17-5)8-11-12-10(16-8)18-7-2-3-15-9(7)14/h4,7H,2-3H2,1H3/t7-/m0/s1. The Morgan fingerprint density at radius 1 is 1.44 bits per heavy atom. The van der Waals surface area contributed by atoms with E-state index in [1.807, 2.05) is 0 Å². The van der Waals surface area contributed by atoms with Gasteiger partial charge in [0, 0.05) is 12.5 Å². The molecule has 3 heterocycles. The number of carbonyl (C=O) groups excluding carboxylic acids is 1. The van der Waals surface area contributed by atoms with Crippen LogP contribution in [0.1, 0.15) is 12.2 Å². The minimum absolute atomic E-state index is 0.239. The predicted octanol–water partition coefficient (Wildman–Crippen LogP) is 1.44. The van der Waals surface area contributed by atoms with E-state index in [1.165, 1.54) is 11.8 Å². The fourth-order valence-electron chi connectivity index (χ4n) is 1.53. The maximum absolute atomic E-state index is 11.3. The maximum Gasteiger partial charge on any atom is 0.319 e. The van der Waals surface area contributed by atoms with Gasteiger partial charge < -0.3 is 13.7 Å². The van der Waals surface area contributed by atoms with Crippen LogP contribution in [-0.2, 0) is 9.53 Å². The van der Waals surface area contributed by atoms with E-state index in [0.717, 1.165) is 0 Å². The van der Waals surface area contributed by atoms with Gasteiger partial charge >= 0.3 is 5.97 Å². The molecule has 0 radical (unpaired) electrons. The summed E-state index contributed by atoms with van der Waals surface area (Å²) in [6.07, 6.45) is 0.657. The lowest BCUT2D eigenvalue weighted by Gasteiger charge is -1.98. The molecule has 0 aromatic carbocycles. The Labute approximate surface area is 106 Å². The summed E-state index contributed by atoms with van der Waals surface area (Å²) in [5.41, 5.74) is 0.487. The van der Waals surface area contributed by atoms with Crippen LogP contribution < -0.4 is 0 Å². The van der Waals surface area contributed by atoms with E-state index in [9.17, 15) is 4.79 Å². The van der Waals surface area contributed by atoms with Crippen LogP contribution >= 0.6 is 11.8 Å². The summed E-state index contributed by atoms with van der Waals surface area (Å²) in [4.78, 5) is 11.3. The lowest BCUT2D eigenvalue weighted by Crippen LogP contribution is -2.09. The van der Waals surface area contributed by atoms with Crippen molar-refractivity contribution < 1.29 is 18.5 Å². The molecule has 2 aromatic heterocycles. The Hall–Kier alpha value is -1.83. The third-order valence-corrected chi connectivity index (χ3v) is 3.46. The second kappa shape index (κ2) is 4.45. The Bertz CT molecular complexity index is 579. The van der Waals surface area contributed by atoms with E-state index in [1.54, 1.807) is 13.0 Å². The van der Waals surface area contributed by atoms with Crippen molar-refractivity contribution in [3.05, 3.63) is 11.8 Å². The van der Waals surface area contributed by atoms with Gasteiger partial charge in [0.2, 0.25) is 0 Å². The van der Waals surface area contributed by atoms with Crippen LogP contribution in [0.3, 0.4) is 0 Å². The number of thioether (sulfide) groups is 1. The van der Waals surface area contributed by atoms with Crippen LogP contribution in [0, 0.1) is 6.92 Å². The second-order valence-corrected chi connectivity index (χ2v) is 4.91. The highest BCUT2D eigenvalue weighted by molar-refractivity contribution is 8.00. The zero-order chi connectivity index (χ0) is 12.5. The zero-order valence-electron chi connectivity index (χ0n) is 9.45. The fraction of sp³-hybridized carbons (Fsp3) is 0.400. The minimum atomic E-state index is -0.266. The molecule has 8 heteroatoms. The van der Waals surface area contributed by atoms with Crippen LogP contribution in [-0.4, -0.2) is 33.2 Å². The van der Waals surface area contributed by atoms with E-state index in [2.05, 4.69) is 15.4 Å². The molecule has 0 bridgehead atoms. The van der Waals surface area contributed by atoms with Gasteiger partial charge in [0.05, 0.1) is 6.61 Å². The number of hydrogen-bond acceptors (Lipinski definition) is 8. The Morgan fingerprint density at radius 2 is 2.33 bits per heavy atom. The molecule has 0 N–H and O–H groups in total. The molecule has 18 heavy (non-hydrogen) atoms. The Balaban J connectivity index is 1.75.